The van der Waals surface area contributed by atoms with Gasteiger partial charge in [0.25, 0.3) is 5.56 Å². The molecular weight excluding hydrogens is 360 g/mol. The number of H-pyrrole nitrogens is 1. The van der Waals surface area contributed by atoms with Crippen molar-refractivity contribution in [3.63, 3.8) is 0 Å². The summed E-state index contributed by atoms with van der Waals surface area (Å²) in [6.07, 6.45) is 0.574. The van der Waals surface area contributed by atoms with Crippen molar-refractivity contribution in [2.45, 2.75) is 12.8 Å². The zero-order chi connectivity index (χ0) is 16.4. The van der Waals surface area contributed by atoms with Gasteiger partial charge in [0.1, 0.15) is 5.82 Å². The Hall–Kier alpha value is -2.47. The van der Waals surface area contributed by atoms with Gasteiger partial charge in [0.15, 0.2) is 0 Å². The quantitative estimate of drug-likeness (QED) is 0.735. The van der Waals surface area contributed by atoms with E-state index in [0.717, 1.165) is 15.6 Å². The average Bonchev–Trinajstić information content (AvgIpc) is 2.54. The third-order valence-electron chi connectivity index (χ3n) is 3.52. The van der Waals surface area contributed by atoms with Crippen LogP contribution in [0, 0.1) is 0 Å². The van der Waals surface area contributed by atoms with Crippen LogP contribution >= 0.6 is 15.9 Å². The number of aromatic amines is 1. The van der Waals surface area contributed by atoms with Crippen molar-refractivity contribution in [1.82, 2.24) is 9.97 Å². The molecule has 0 spiro atoms. The second-order valence-electron chi connectivity index (χ2n) is 5.17. The van der Waals surface area contributed by atoms with Crippen LogP contribution in [-0.2, 0) is 11.2 Å². The second-order valence-corrected chi connectivity index (χ2v) is 6.08. The fourth-order valence-corrected chi connectivity index (χ4v) is 2.69. The first kappa shape index (κ1) is 15.4. The summed E-state index contributed by atoms with van der Waals surface area (Å²) in [4.78, 5) is 30.0. The molecule has 1 heterocycles. The maximum atomic E-state index is 12.2. The monoisotopic (exact) mass is 372 g/mol. The molecule has 0 aliphatic carbocycles. The fourth-order valence-electron chi connectivity index (χ4n) is 2.33. The first-order valence-electron chi connectivity index (χ1n) is 7.03. The van der Waals surface area contributed by atoms with E-state index in [4.69, 9.17) is 5.11 Å². The van der Waals surface area contributed by atoms with Gasteiger partial charge in [-0.05, 0) is 30.2 Å². The number of aryl methyl sites for hydroxylation is 1. The van der Waals surface area contributed by atoms with Gasteiger partial charge in [-0.25, -0.2) is 4.98 Å². The van der Waals surface area contributed by atoms with E-state index in [-0.39, 0.29) is 12.0 Å². The summed E-state index contributed by atoms with van der Waals surface area (Å²) in [7, 11) is 0. The van der Waals surface area contributed by atoms with Crippen LogP contribution in [0.25, 0.3) is 22.3 Å². The molecule has 5 nitrogen and oxygen atoms in total. The molecule has 23 heavy (non-hydrogen) atoms. The minimum absolute atomic E-state index is 0.0965. The fraction of sp³-hybridized carbons (Fsp3) is 0.118. The van der Waals surface area contributed by atoms with Gasteiger partial charge in [-0.3, -0.25) is 9.59 Å². The summed E-state index contributed by atoms with van der Waals surface area (Å²) >= 11 is 3.34. The van der Waals surface area contributed by atoms with Crippen molar-refractivity contribution >= 4 is 32.8 Å². The highest BCUT2D eigenvalue weighted by Gasteiger charge is 2.07. The maximum Gasteiger partial charge on any atom is 0.303 e. The van der Waals surface area contributed by atoms with Crippen molar-refractivity contribution in [3.05, 3.63) is 62.9 Å². The van der Waals surface area contributed by atoms with Crippen molar-refractivity contribution in [2.75, 3.05) is 0 Å². The molecule has 0 fully saturated rings. The molecule has 2 aromatic carbocycles. The first-order valence-corrected chi connectivity index (χ1v) is 7.83. The van der Waals surface area contributed by atoms with Crippen LogP contribution in [0.3, 0.4) is 0 Å². The zero-order valence-corrected chi connectivity index (χ0v) is 13.6. The van der Waals surface area contributed by atoms with Gasteiger partial charge in [0.05, 0.1) is 10.9 Å². The predicted octanol–water partition coefficient (Wildman–Crippen LogP) is 3.37. The van der Waals surface area contributed by atoms with Crippen LogP contribution in [0.15, 0.2) is 51.7 Å². The highest BCUT2D eigenvalue weighted by molar-refractivity contribution is 9.10. The smallest absolute Gasteiger partial charge is 0.303 e. The van der Waals surface area contributed by atoms with Crippen molar-refractivity contribution in [1.29, 1.82) is 0 Å². The molecule has 1 aromatic heterocycles. The number of carboxylic acids is 1. The van der Waals surface area contributed by atoms with Crippen LogP contribution < -0.4 is 5.56 Å². The molecule has 2 N–H and O–H groups in total. The lowest BCUT2D eigenvalue weighted by atomic mass is 10.1. The van der Waals surface area contributed by atoms with Crippen LogP contribution in [-0.4, -0.2) is 21.0 Å². The maximum absolute atomic E-state index is 12.2. The number of carboxylic acid groups (broad SMARTS) is 1. The van der Waals surface area contributed by atoms with Gasteiger partial charge >= 0.3 is 5.97 Å². The molecule has 3 aromatic rings. The zero-order valence-electron chi connectivity index (χ0n) is 12.0. The lowest BCUT2D eigenvalue weighted by molar-refractivity contribution is -0.136. The number of nitrogens with zero attached hydrogens (tertiary/aromatic N) is 1. The third-order valence-corrected chi connectivity index (χ3v) is 4.02. The van der Waals surface area contributed by atoms with E-state index in [2.05, 4.69) is 25.9 Å². The minimum atomic E-state index is -0.819. The summed E-state index contributed by atoms with van der Waals surface area (Å²) in [5, 5.41) is 9.23. The van der Waals surface area contributed by atoms with E-state index in [0.29, 0.717) is 23.1 Å². The molecule has 0 unspecified atom stereocenters. The molecular formula is C17H13BrN2O3. The molecule has 0 atom stereocenters. The molecule has 0 aliphatic heterocycles. The number of aliphatic carboxylic acids is 1. The molecule has 0 amide bonds. The number of fused-ring (bicyclic) bond motifs is 1. The highest BCUT2D eigenvalue weighted by Crippen LogP contribution is 2.20. The van der Waals surface area contributed by atoms with E-state index in [1.165, 1.54) is 0 Å². The number of hydrogen-bond donors (Lipinski definition) is 2. The first-order chi connectivity index (χ1) is 11.0. The van der Waals surface area contributed by atoms with Crippen molar-refractivity contribution in [2.24, 2.45) is 0 Å². The summed E-state index contributed by atoms with van der Waals surface area (Å²) < 4.78 is 0.827. The number of halogens is 1. The standard InChI is InChI=1S/C17H13BrN2O3/c18-12-6-7-14-13(9-12)17(23)20-16(19-14)11-4-1-10(2-5-11)3-8-15(21)22/h1-2,4-7,9H,3,8H2,(H,21,22)(H,19,20,23). The van der Waals surface area contributed by atoms with Crippen LogP contribution in [0.2, 0.25) is 0 Å². The number of rotatable bonds is 4. The van der Waals surface area contributed by atoms with Gasteiger partial charge < -0.3 is 10.1 Å². The van der Waals surface area contributed by atoms with E-state index < -0.39 is 5.97 Å². The van der Waals surface area contributed by atoms with Crippen molar-refractivity contribution in [3.8, 4) is 11.4 Å². The van der Waals surface area contributed by atoms with Crippen LogP contribution in [0.1, 0.15) is 12.0 Å². The third kappa shape index (κ3) is 3.48. The molecule has 0 saturated carbocycles. The number of aromatic nitrogens is 2. The molecule has 0 aliphatic rings. The SMILES string of the molecule is O=C(O)CCc1ccc(-c2nc3ccc(Br)cc3c(=O)[nH]2)cc1. The number of nitrogens with one attached hydrogen (secondary N) is 1. The topological polar surface area (TPSA) is 83.0 Å². The Kier molecular flexibility index (Phi) is 4.25. The molecule has 6 heteroatoms. The summed E-state index contributed by atoms with van der Waals surface area (Å²) in [5.41, 5.74) is 2.15. The summed E-state index contributed by atoms with van der Waals surface area (Å²) in [5.74, 6) is -0.324. The molecule has 0 bridgehead atoms. The Labute approximate surface area is 140 Å². The summed E-state index contributed by atoms with van der Waals surface area (Å²) in [6.45, 7) is 0. The molecule has 0 saturated heterocycles. The highest BCUT2D eigenvalue weighted by atomic mass is 79.9. The Bertz CT molecular complexity index is 933. The minimum Gasteiger partial charge on any atom is -0.481 e. The van der Waals surface area contributed by atoms with Gasteiger partial charge in [-0.15, -0.1) is 0 Å². The normalized spacial score (nSPS) is 10.8. The van der Waals surface area contributed by atoms with E-state index in [1.54, 1.807) is 12.1 Å². The van der Waals surface area contributed by atoms with Gasteiger partial charge in [0.2, 0.25) is 0 Å². The Morgan fingerprint density at radius 1 is 1.17 bits per heavy atom. The number of hydrogen-bond acceptors (Lipinski definition) is 3. The van der Waals surface area contributed by atoms with Crippen LogP contribution in [0.4, 0.5) is 0 Å². The summed E-state index contributed by atoms with van der Waals surface area (Å²) in [6, 6.07) is 12.7. The van der Waals surface area contributed by atoms with Crippen molar-refractivity contribution < 1.29 is 9.90 Å². The van der Waals surface area contributed by atoms with E-state index in [1.807, 2.05) is 30.3 Å². The second kappa shape index (κ2) is 6.34. The predicted molar refractivity (Wildman–Crippen MR) is 91.5 cm³/mol. The Morgan fingerprint density at radius 3 is 2.61 bits per heavy atom. The largest absolute Gasteiger partial charge is 0.481 e. The van der Waals surface area contributed by atoms with Gasteiger partial charge in [0, 0.05) is 16.5 Å². The van der Waals surface area contributed by atoms with E-state index >= 15 is 0 Å². The molecule has 0 radical (unpaired) electrons. The lowest BCUT2D eigenvalue weighted by Crippen LogP contribution is -2.09. The molecule has 3 rings (SSSR count). The van der Waals surface area contributed by atoms with Gasteiger partial charge in [-0.2, -0.15) is 0 Å². The van der Waals surface area contributed by atoms with Crippen LogP contribution in [0.5, 0.6) is 0 Å². The number of benzene rings is 2. The Balaban J connectivity index is 1.95. The van der Waals surface area contributed by atoms with Gasteiger partial charge in [-0.1, -0.05) is 40.2 Å². The molecule has 116 valence electrons. The lowest BCUT2D eigenvalue weighted by Gasteiger charge is -2.05. The van der Waals surface area contributed by atoms with E-state index in [9.17, 15) is 9.59 Å². The Morgan fingerprint density at radius 2 is 1.91 bits per heavy atom. The number of carbonyl (C=O) groups is 1. The average molecular weight is 373 g/mol.